The number of ether oxygens (including phenoxy) is 1. The van der Waals surface area contributed by atoms with Gasteiger partial charge in [-0.3, -0.25) is 0 Å². The highest BCUT2D eigenvalue weighted by molar-refractivity contribution is 14.1. The van der Waals surface area contributed by atoms with E-state index in [9.17, 15) is 4.79 Å². The first-order valence-corrected chi connectivity index (χ1v) is 6.03. The van der Waals surface area contributed by atoms with Crippen molar-refractivity contribution in [2.24, 2.45) is 0 Å². The Morgan fingerprint density at radius 3 is 2.87 bits per heavy atom. The summed E-state index contributed by atoms with van der Waals surface area (Å²) in [7, 11) is 0. The van der Waals surface area contributed by atoms with Gasteiger partial charge in [0.05, 0.1) is 17.7 Å². The maximum atomic E-state index is 11.5. The predicted molar refractivity (Wildman–Crippen MR) is 67.5 cm³/mol. The zero-order valence-corrected chi connectivity index (χ0v) is 11.6. The molecular formula is C10H7BrINO2. The Bertz CT molecular complexity index is 440. The van der Waals surface area contributed by atoms with Gasteiger partial charge >= 0.3 is 5.97 Å². The molecule has 1 rings (SSSR count). The average Bonchev–Trinajstić information content (AvgIpc) is 2.21. The molecule has 1 aromatic carbocycles. The van der Waals surface area contributed by atoms with Crippen LogP contribution in [0.3, 0.4) is 0 Å². The van der Waals surface area contributed by atoms with Crippen LogP contribution < -0.4 is 0 Å². The van der Waals surface area contributed by atoms with Gasteiger partial charge in [0.15, 0.2) is 0 Å². The number of carbonyl (C=O) groups excluding carboxylic acids is 1. The molecule has 0 spiro atoms. The molecule has 5 heteroatoms. The topological polar surface area (TPSA) is 50.1 Å². The molecule has 15 heavy (non-hydrogen) atoms. The van der Waals surface area contributed by atoms with Crippen LogP contribution >= 0.6 is 38.5 Å². The van der Waals surface area contributed by atoms with Crippen molar-refractivity contribution in [3.63, 3.8) is 0 Å². The lowest BCUT2D eigenvalue weighted by Crippen LogP contribution is -2.07. The third-order valence-corrected chi connectivity index (χ3v) is 3.97. The fourth-order valence-corrected chi connectivity index (χ4v) is 1.83. The summed E-state index contributed by atoms with van der Waals surface area (Å²) >= 11 is 5.38. The molecular weight excluding hydrogens is 373 g/mol. The number of halogens is 2. The molecule has 0 aromatic heterocycles. The van der Waals surface area contributed by atoms with E-state index < -0.39 is 5.97 Å². The summed E-state index contributed by atoms with van der Waals surface area (Å²) in [5, 5.41) is 8.87. The minimum atomic E-state index is -0.459. The molecule has 0 fully saturated rings. The third-order valence-electron chi connectivity index (χ3n) is 1.68. The molecule has 0 bridgehead atoms. The van der Waals surface area contributed by atoms with Crippen LogP contribution in [-0.2, 0) is 4.74 Å². The van der Waals surface area contributed by atoms with E-state index in [0.29, 0.717) is 17.7 Å². The first-order valence-electron chi connectivity index (χ1n) is 4.16. The van der Waals surface area contributed by atoms with Crippen molar-refractivity contribution in [3.8, 4) is 6.07 Å². The van der Waals surface area contributed by atoms with E-state index in [4.69, 9.17) is 10.00 Å². The van der Waals surface area contributed by atoms with Gasteiger partial charge in [-0.05, 0) is 57.6 Å². The number of rotatable bonds is 2. The van der Waals surface area contributed by atoms with Crippen LogP contribution in [0.25, 0.3) is 0 Å². The van der Waals surface area contributed by atoms with Crippen molar-refractivity contribution in [1.29, 1.82) is 5.26 Å². The Labute approximate surface area is 110 Å². The lowest BCUT2D eigenvalue weighted by Gasteiger charge is -2.05. The van der Waals surface area contributed by atoms with Crippen molar-refractivity contribution in [2.75, 3.05) is 6.61 Å². The highest BCUT2D eigenvalue weighted by Gasteiger charge is 2.14. The molecule has 3 nitrogen and oxygen atoms in total. The molecule has 0 atom stereocenters. The van der Waals surface area contributed by atoms with Crippen LogP contribution in [0.1, 0.15) is 22.8 Å². The minimum absolute atomic E-state index is 0.302. The highest BCUT2D eigenvalue weighted by atomic mass is 127. The van der Waals surface area contributed by atoms with Gasteiger partial charge in [0.25, 0.3) is 0 Å². The molecule has 0 amide bonds. The normalized spacial score (nSPS) is 9.47. The molecule has 1 aromatic rings. The highest BCUT2D eigenvalue weighted by Crippen LogP contribution is 2.23. The first-order chi connectivity index (χ1) is 7.10. The van der Waals surface area contributed by atoms with E-state index in [-0.39, 0.29) is 0 Å². The first kappa shape index (κ1) is 12.5. The Morgan fingerprint density at radius 2 is 2.33 bits per heavy atom. The minimum Gasteiger partial charge on any atom is -0.462 e. The van der Waals surface area contributed by atoms with Gasteiger partial charge in [0, 0.05) is 8.04 Å². The largest absolute Gasteiger partial charge is 0.462 e. The number of esters is 1. The average molecular weight is 380 g/mol. The number of hydrogen-bond donors (Lipinski definition) is 0. The number of nitrogens with zero attached hydrogens (tertiary/aromatic N) is 1. The van der Waals surface area contributed by atoms with Crippen LogP contribution in [-0.4, -0.2) is 12.6 Å². The van der Waals surface area contributed by atoms with E-state index in [0.717, 1.165) is 8.04 Å². The van der Waals surface area contributed by atoms with Crippen molar-refractivity contribution in [2.45, 2.75) is 6.92 Å². The van der Waals surface area contributed by atoms with Crippen LogP contribution in [0.15, 0.2) is 16.6 Å². The second-order valence-corrected chi connectivity index (χ2v) is 4.66. The summed E-state index contributed by atoms with van der Waals surface area (Å²) in [6.07, 6.45) is 0. The molecule has 0 aliphatic heterocycles. The maximum Gasteiger partial charge on any atom is 0.339 e. The van der Waals surface area contributed by atoms with Gasteiger partial charge in [-0.2, -0.15) is 5.26 Å². The van der Waals surface area contributed by atoms with Crippen molar-refractivity contribution < 1.29 is 9.53 Å². The van der Waals surface area contributed by atoms with E-state index in [1.807, 2.05) is 6.07 Å². The summed E-state index contributed by atoms with van der Waals surface area (Å²) in [6.45, 7) is 2.03. The zero-order valence-electron chi connectivity index (χ0n) is 7.88. The fraction of sp³-hybridized carbons (Fsp3) is 0.200. The van der Waals surface area contributed by atoms with Crippen LogP contribution in [0.2, 0.25) is 0 Å². The second kappa shape index (κ2) is 5.47. The molecule has 0 saturated carbocycles. The third kappa shape index (κ3) is 2.92. The summed E-state index contributed by atoms with van der Waals surface area (Å²) in [6, 6.07) is 5.23. The Balaban J connectivity index is 3.23. The Hall–Kier alpha value is -0.610. The summed E-state index contributed by atoms with van der Waals surface area (Å²) < 4.78 is 6.53. The van der Waals surface area contributed by atoms with Gasteiger partial charge in [-0.1, -0.05) is 0 Å². The van der Waals surface area contributed by atoms with E-state index in [2.05, 4.69) is 38.5 Å². The molecule has 0 aliphatic rings. The van der Waals surface area contributed by atoms with Crippen LogP contribution in [0.5, 0.6) is 0 Å². The summed E-state index contributed by atoms with van der Waals surface area (Å²) in [4.78, 5) is 11.5. The lowest BCUT2D eigenvalue weighted by atomic mass is 10.1. The predicted octanol–water partition coefficient (Wildman–Crippen LogP) is 3.10. The van der Waals surface area contributed by atoms with Crippen molar-refractivity contribution in [3.05, 3.63) is 31.3 Å². The molecule has 0 N–H and O–H groups in total. The molecule has 0 heterocycles. The van der Waals surface area contributed by atoms with E-state index >= 15 is 0 Å². The van der Waals surface area contributed by atoms with Crippen LogP contribution in [0, 0.1) is 14.9 Å². The zero-order chi connectivity index (χ0) is 11.4. The second-order valence-electron chi connectivity index (χ2n) is 2.64. The molecule has 0 radical (unpaired) electrons. The smallest absolute Gasteiger partial charge is 0.339 e. The van der Waals surface area contributed by atoms with E-state index in [1.54, 1.807) is 19.1 Å². The molecule has 0 saturated heterocycles. The fourth-order valence-electron chi connectivity index (χ4n) is 1.02. The summed E-state index contributed by atoms with van der Waals surface area (Å²) in [5.41, 5.74) is 0.632. The molecule has 78 valence electrons. The van der Waals surface area contributed by atoms with Crippen molar-refractivity contribution >= 4 is 44.5 Å². The molecule has 0 unspecified atom stereocenters. The molecule has 0 aliphatic carbocycles. The van der Waals surface area contributed by atoms with Gasteiger partial charge in [0.2, 0.25) is 0 Å². The quantitative estimate of drug-likeness (QED) is 0.586. The standard InChI is InChI=1S/C10H7BrINO2/c1-2-15-10(14)7-4-9(12)8(11)3-6(7)5-13/h3-4H,2H2,1H3. The number of benzene rings is 1. The van der Waals surface area contributed by atoms with Crippen LogP contribution in [0.4, 0.5) is 0 Å². The van der Waals surface area contributed by atoms with Gasteiger partial charge in [0.1, 0.15) is 6.07 Å². The lowest BCUT2D eigenvalue weighted by molar-refractivity contribution is 0.0526. The maximum absolute atomic E-state index is 11.5. The van der Waals surface area contributed by atoms with E-state index in [1.165, 1.54) is 0 Å². The Kier molecular flexibility index (Phi) is 4.54. The van der Waals surface area contributed by atoms with Gasteiger partial charge in [-0.15, -0.1) is 0 Å². The number of hydrogen-bond acceptors (Lipinski definition) is 3. The summed E-state index contributed by atoms with van der Waals surface area (Å²) in [5.74, 6) is -0.459. The number of carbonyl (C=O) groups is 1. The number of nitriles is 1. The van der Waals surface area contributed by atoms with Gasteiger partial charge < -0.3 is 4.74 Å². The van der Waals surface area contributed by atoms with Gasteiger partial charge in [-0.25, -0.2) is 4.79 Å². The van der Waals surface area contributed by atoms with Crippen molar-refractivity contribution in [1.82, 2.24) is 0 Å². The monoisotopic (exact) mass is 379 g/mol. The SMILES string of the molecule is CCOC(=O)c1cc(I)c(Br)cc1C#N. The Morgan fingerprint density at radius 1 is 1.67 bits per heavy atom.